The van der Waals surface area contributed by atoms with E-state index < -0.39 is 6.04 Å². The van der Waals surface area contributed by atoms with Crippen molar-refractivity contribution >= 4 is 11.8 Å². The highest BCUT2D eigenvalue weighted by Crippen LogP contribution is 2.31. The molecule has 1 unspecified atom stereocenters. The van der Waals surface area contributed by atoms with Crippen molar-refractivity contribution in [2.24, 2.45) is 0 Å². The Hall–Kier alpha value is -3.60. The zero-order valence-corrected chi connectivity index (χ0v) is 18.6. The highest BCUT2D eigenvalue weighted by molar-refractivity contribution is 5.89. The van der Waals surface area contributed by atoms with Gasteiger partial charge in [-0.1, -0.05) is 60.7 Å². The van der Waals surface area contributed by atoms with Gasteiger partial charge >= 0.3 is 0 Å². The molecule has 0 aliphatic carbocycles. The van der Waals surface area contributed by atoms with E-state index in [0.717, 1.165) is 48.3 Å². The van der Waals surface area contributed by atoms with Gasteiger partial charge in [0.1, 0.15) is 11.8 Å². The van der Waals surface area contributed by atoms with Gasteiger partial charge in [0, 0.05) is 25.9 Å². The molecule has 1 atom stereocenters. The van der Waals surface area contributed by atoms with Crippen LogP contribution in [0.25, 0.3) is 11.1 Å². The molecule has 5 nitrogen and oxygen atoms in total. The van der Waals surface area contributed by atoms with Gasteiger partial charge in [-0.05, 0) is 52.8 Å². The molecule has 2 aliphatic rings. The van der Waals surface area contributed by atoms with Crippen LogP contribution in [0.5, 0.6) is 5.75 Å². The van der Waals surface area contributed by atoms with Crippen LogP contribution < -0.4 is 10.1 Å². The van der Waals surface area contributed by atoms with Crippen LogP contribution in [0.3, 0.4) is 0 Å². The Balaban J connectivity index is 1.28. The van der Waals surface area contributed by atoms with E-state index in [1.54, 1.807) is 4.90 Å². The van der Waals surface area contributed by atoms with Crippen LogP contribution >= 0.6 is 0 Å². The first-order valence-corrected chi connectivity index (χ1v) is 11.7. The third kappa shape index (κ3) is 4.63. The molecule has 5 rings (SSSR count). The molecule has 0 saturated carbocycles. The van der Waals surface area contributed by atoms with Gasteiger partial charge in [-0.3, -0.25) is 9.59 Å². The molecule has 3 aromatic rings. The Bertz CT molecular complexity index is 1140. The van der Waals surface area contributed by atoms with Gasteiger partial charge in [-0.25, -0.2) is 0 Å². The average molecular weight is 441 g/mol. The Kier molecular flexibility index (Phi) is 6.11. The number of rotatable bonds is 6. The summed E-state index contributed by atoms with van der Waals surface area (Å²) in [6.07, 6.45) is 3.28. The summed E-state index contributed by atoms with van der Waals surface area (Å²) in [7, 11) is 0. The van der Waals surface area contributed by atoms with Gasteiger partial charge in [-0.15, -0.1) is 0 Å². The molecule has 0 bridgehead atoms. The average Bonchev–Trinajstić information content (AvgIpc) is 3.33. The van der Waals surface area contributed by atoms with Gasteiger partial charge < -0.3 is 15.0 Å². The fraction of sp³-hybridized carbons (Fsp3) is 0.286. The Morgan fingerprint density at radius 3 is 2.52 bits per heavy atom. The quantitative estimate of drug-likeness (QED) is 0.607. The second-order valence-electron chi connectivity index (χ2n) is 8.69. The predicted octanol–water partition coefficient (Wildman–Crippen LogP) is 4.66. The van der Waals surface area contributed by atoms with Crippen molar-refractivity contribution in [1.82, 2.24) is 10.2 Å². The lowest BCUT2D eigenvalue weighted by atomic mass is 9.99. The Morgan fingerprint density at radius 1 is 0.939 bits per heavy atom. The van der Waals surface area contributed by atoms with E-state index in [4.69, 9.17) is 4.74 Å². The molecule has 168 valence electrons. The molecule has 1 fully saturated rings. The fourth-order valence-corrected chi connectivity index (χ4v) is 4.67. The molecule has 5 heteroatoms. The second kappa shape index (κ2) is 9.49. The third-order valence-electron chi connectivity index (χ3n) is 6.48. The number of benzene rings is 3. The van der Waals surface area contributed by atoms with Gasteiger partial charge in [0.15, 0.2) is 0 Å². The molecule has 0 aromatic heterocycles. The molecule has 3 aromatic carbocycles. The summed E-state index contributed by atoms with van der Waals surface area (Å²) < 4.78 is 5.60. The minimum atomic E-state index is -0.591. The van der Waals surface area contributed by atoms with Crippen LogP contribution in [0.15, 0.2) is 72.8 Å². The predicted molar refractivity (Wildman–Crippen MR) is 128 cm³/mol. The van der Waals surface area contributed by atoms with E-state index in [9.17, 15) is 9.59 Å². The largest absolute Gasteiger partial charge is 0.493 e. The monoisotopic (exact) mass is 440 g/mol. The molecule has 2 heterocycles. The number of carbonyl (C=O) groups is 2. The lowest BCUT2D eigenvalue weighted by molar-refractivity contribution is -0.142. The number of carbonyl (C=O) groups excluding carboxylic acids is 2. The van der Waals surface area contributed by atoms with Gasteiger partial charge in [-0.2, -0.15) is 0 Å². The van der Waals surface area contributed by atoms with Crippen LogP contribution in [0.1, 0.15) is 42.0 Å². The molecule has 2 amide bonds. The first-order chi connectivity index (χ1) is 16.2. The minimum Gasteiger partial charge on any atom is -0.493 e. The zero-order valence-electron chi connectivity index (χ0n) is 18.6. The maximum atomic E-state index is 13.2. The van der Waals surface area contributed by atoms with Crippen molar-refractivity contribution in [3.63, 3.8) is 0 Å². The Labute approximate surface area is 194 Å². The number of hydrogen-bond donors (Lipinski definition) is 1. The number of piperidine rings is 1. The highest BCUT2D eigenvalue weighted by atomic mass is 16.5. The van der Waals surface area contributed by atoms with Crippen molar-refractivity contribution in [1.29, 1.82) is 0 Å². The number of ether oxygens (including phenoxy) is 1. The normalized spacial score (nSPS) is 16.1. The summed E-state index contributed by atoms with van der Waals surface area (Å²) >= 11 is 0. The van der Waals surface area contributed by atoms with Crippen LogP contribution in [0.2, 0.25) is 0 Å². The number of nitrogens with one attached hydrogen (secondary N) is 1. The molecular formula is C28H28N2O3. The topological polar surface area (TPSA) is 58.6 Å². The molecule has 0 spiro atoms. The van der Waals surface area contributed by atoms with E-state index >= 15 is 0 Å². The van der Waals surface area contributed by atoms with E-state index in [1.165, 1.54) is 11.1 Å². The van der Waals surface area contributed by atoms with Gasteiger partial charge in [0.2, 0.25) is 11.8 Å². The van der Waals surface area contributed by atoms with Crippen LogP contribution in [0.4, 0.5) is 0 Å². The van der Waals surface area contributed by atoms with Crippen molar-refractivity contribution in [3.05, 3.63) is 89.5 Å². The Morgan fingerprint density at radius 2 is 1.73 bits per heavy atom. The first-order valence-electron chi connectivity index (χ1n) is 11.7. The molecule has 0 radical (unpaired) electrons. The summed E-state index contributed by atoms with van der Waals surface area (Å²) in [5.41, 5.74) is 5.43. The molecular weight excluding hydrogens is 412 g/mol. The zero-order chi connectivity index (χ0) is 22.6. The number of nitrogens with zero attached hydrogens (tertiary/aromatic N) is 1. The second-order valence-corrected chi connectivity index (χ2v) is 8.69. The van der Waals surface area contributed by atoms with Crippen LogP contribution in [0, 0.1) is 0 Å². The maximum absolute atomic E-state index is 13.2. The van der Waals surface area contributed by atoms with E-state index in [-0.39, 0.29) is 11.8 Å². The minimum absolute atomic E-state index is 0.0503. The molecule has 33 heavy (non-hydrogen) atoms. The van der Waals surface area contributed by atoms with E-state index in [0.29, 0.717) is 19.5 Å². The SMILES string of the molecule is O=C(NCc1ccc(-c2ccc3c(c2)CCO3)cc1)C(c1ccccc1)N1CCCCC1=O. The smallest absolute Gasteiger partial charge is 0.247 e. The summed E-state index contributed by atoms with van der Waals surface area (Å²) in [6, 6.07) is 23.6. The molecule has 1 saturated heterocycles. The maximum Gasteiger partial charge on any atom is 0.247 e. The first kappa shape index (κ1) is 21.3. The van der Waals surface area contributed by atoms with Crippen LogP contribution in [-0.4, -0.2) is 29.9 Å². The van der Waals surface area contributed by atoms with Crippen molar-refractivity contribution in [2.45, 2.75) is 38.3 Å². The summed E-state index contributed by atoms with van der Waals surface area (Å²) in [5.74, 6) is 0.895. The number of fused-ring (bicyclic) bond motifs is 1. The molecule has 2 aliphatic heterocycles. The summed E-state index contributed by atoms with van der Waals surface area (Å²) in [5, 5.41) is 3.06. The highest BCUT2D eigenvalue weighted by Gasteiger charge is 2.32. The number of hydrogen-bond acceptors (Lipinski definition) is 3. The summed E-state index contributed by atoms with van der Waals surface area (Å²) in [4.78, 5) is 27.5. The standard InChI is InChI=1S/C28H28N2O3/c31-26-8-4-5-16-30(26)27(22-6-2-1-3-7-22)28(32)29-19-20-9-11-21(12-10-20)23-13-14-25-24(18-23)15-17-33-25/h1-3,6-7,9-14,18,27H,4-5,8,15-17,19H2,(H,29,32). The van der Waals surface area contributed by atoms with Crippen molar-refractivity contribution in [2.75, 3.05) is 13.2 Å². The van der Waals surface area contributed by atoms with Gasteiger partial charge in [0.05, 0.1) is 6.61 Å². The van der Waals surface area contributed by atoms with Gasteiger partial charge in [0.25, 0.3) is 0 Å². The lowest BCUT2D eigenvalue weighted by Gasteiger charge is -2.34. The lowest BCUT2D eigenvalue weighted by Crippen LogP contribution is -2.45. The fourth-order valence-electron chi connectivity index (χ4n) is 4.67. The third-order valence-corrected chi connectivity index (χ3v) is 6.48. The van der Waals surface area contributed by atoms with E-state index in [1.807, 2.05) is 48.5 Å². The van der Waals surface area contributed by atoms with Crippen LogP contribution in [-0.2, 0) is 22.6 Å². The molecule has 1 N–H and O–H groups in total. The summed E-state index contributed by atoms with van der Waals surface area (Å²) in [6.45, 7) is 1.79. The number of amides is 2. The van der Waals surface area contributed by atoms with E-state index in [2.05, 4.69) is 29.6 Å². The van der Waals surface area contributed by atoms with Crippen molar-refractivity contribution in [3.8, 4) is 16.9 Å². The number of likely N-dealkylation sites (tertiary alicyclic amines) is 1. The van der Waals surface area contributed by atoms with Crippen molar-refractivity contribution < 1.29 is 14.3 Å².